The van der Waals surface area contributed by atoms with Crippen LogP contribution < -0.4 is 0 Å². The fraction of sp³-hybridized carbons (Fsp3) is 1.00. The SMILES string of the molecule is CCCCCCCCCCC[C@H]1O[C@H]1C. The highest BCUT2D eigenvalue weighted by molar-refractivity contribution is 4.79. The quantitative estimate of drug-likeness (QED) is 0.378. The van der Waals surface area contributed by atoms with Gasteiger partial charge in [-0.15, -0.1) is 0 Å². The van der Waals surface area contributed by atoms with Gasteiger partial charge in [0.15, 0.2) is 0 Å². The number of hydrogen-bond acceptors (Lipinski definition) is 1. The molecule has 2 atom stereocenters. The van der Waals surface area contributed by atoms with Crippen molar-refractivity contribution in [1.82, 2.24) is 0 Å². The van der Waals surface area contributed by atoms with E-state index in [2.05, 4.69) is 13.8 Å². The summed E-state index contributed by atoms with van der Waals surface area (Å²) in [5.74, 6) is 0. The molecule has 0 amide bonds. The highest BCUT2D eigenvalue weighted by Crippen LogP contribution is 2.26. The Kier molecular flexibility index (Phi) is 7.08. The van der Waals surface area contributed by atoms with Crippen LogP contribution in [0.2, 0.25) is 0 Å². The van der Waals surface area contributed by atoms with Crippen LogP contribution in [0.1, 0.15) is 78.1 Å². The van der Waals surface area contributed by atoms with Crippen LogP contribution in [-0.4, -0.2) is 12.2 Å². The van der Waals surface area contributed by atoms with Gasteiger partial charge in [-0.3, -0.25) is 0 Å². The Morgan fingerprint density at radius 2 is 1.27 bits per heavy atom. The van der Waals surface area contributed by atoms with Gasteiger partial charge in [-0.2, -0.15) is 0 Å². The van der Waals surface area contributed by atoms with Crippen LogP contribution in [0.4, 0.5) is 0 Å². The number of unbranched alkanes of at least 4 members (excludes halogenated alkanes) is 8. The molecule has 1 aliphatic rings. The maximum atomic E-state index is 5.39. The summed E-state index contributed by atoms with van der Waals surface area (Å²) in [4.78, 5) is 0. The first kappa shape index (κ1) is 13.0. The first-order valence-corrected chi connectivity index (χ1v) is 7.00. The molecule has 1 fully saturated rings. The molecule has 90 valence electrons. The molecule has 0 aromatic rings. The van der Waals surface area contributed by atoms with E-state index in [0.717, 1.165) is 0 Å². The topological polar surface area (TPSA) is 12.5 Å². The summed E-state index contributed by atoms with van der Waals surface area (Å²) in [5, 5.41) is 0. The molecule has 15 heavy (non-hydrogen) atoms. The van der Waals surface area contributed by atoms with E-state index in [4.69, 9.17) is 4.74 Å². The summed E-state index contributed by atoms with van der Waals surface area (Å²) in [5.41, 5.74) is 0. The zero-order valence-corrected chi connectivity index (χ0v) is 10.6. The zero-order chi connectivity index (χ0) is 10.9. The lowest BCUT2D eigenvalue weighted by molar-refractivity contribution is 0.364. The number of hydrogen-bond donors (Lipinski definition) is 0. The Labute approximate surface area is 95.6 Å². The molecule has 0 N–H and O–H groups in total. The average molecular weight is 212 g/mol. The minimum absolute atomic E-state index is 0.569. The van der Waals surface area contributed by atoms with Crippen molar-refractivity contribution in [2.75, 3.05) is 0 Å². The molecule has 0 aromatic carbocycles. The van der Waals surface area contributed by atoms with Crippen LogP contribution in [0.15, 0.2) is 0 Å². The second kappa shape index (κ2) is 8.15. The van der Waals surface area contributed by atoms with E-state index in [1.165, 1.54) is 64.2 Å². The van der Waals surface area contributed by atoms with E-state index >= 15 is 0 Å². The zero-order valence-electron chi connectivity index (χ0n) is 10.6. The van der Waals surface area contributed by atoms with Gasteiger partial charge in [0.25, 0.3) is 0 Å². The van der Waals surface area contributed by atoms with Crippen molar-refractivity contribution in [3.8, 4) is 0 Å². The van der Waals surface area contributed by atoms with Crippen molar-refractivity contribution in [3.63, 3.8) is 0 Å². The van der Waals surface area contributed by atoms with Crippen LogP contribution >= 0.6 is 0 Å². The van der Waals surface area contributed by atoms with E-state index in [1.54, 1.807) is 0 Å². The Morgan fingerprint density at radius 1 is 0.800 bits per heavy atom. The number of ether oxygens (including phenoxy) is 1. The largest absolute Gasteiger partial charge is 0.370 e. The van der Waals surface area contributed by atoms with Gasteiger partial charge in [0.1, 0.15) is 0 Å². The van der Waals surface area contributed by atoms with E-state index in [0.29, 0.717) is 12.2 Å². The van der Waals surface area contributed by atoms with Gasteiger partial charge in [0.2, 0.25) is 0 Å². The van der Waals surface area contributed by atoms with Crippen molar-refractivity contribution in [2.24, 2.45) is 0 Å². The maximum absolute atomic E-state index is 5.39. The average Bonchev–Trinajstić information content (AvgIpc) is 2.92. The molecule has 0 bridgehead atoms. The van der Waals surface area contributed by atoms with Gasteiger partial charge in [-0.05, 0) is 13.3 Å². The van der Waals surface area contributed by atoms with E-state index in [9.17, 15) is 0 Å². The van der Waals surface area contributed by atoms with Gasteiger partial charge < -0.3 is 4.74 Å². The number of rotatable bonds is 10. The van der Waals surface area contributed by atoms with E-state index in [1.807, 2.05) is 0 Å². The second-order valence-electron chi connectivity index (χ2n) is 5.00. The Hall–Kier alpha value is -0.0400. The predicted molar refractivity (Wildman–Crippen MR) is 66.2 cm³/mol. The van der Waals surface area contributed by atoms with Crippen molar-refractivity contribution in [1.29, 1.82) is 0 Å². The van der Waals surface area contributed by atoms with Gasteiger partial charge in [-0.1, -0.05) is 64.7 Å². The van der Waals surface area contributed by atoms with Crippen LogP contribution in [0.25, 0.3) is 0 Å². The molecule has 0 unspecified atom stereocenters. The predicted octanol–water partition coefficient (Wildman–Crippen LogP) is 4.69. The maximum Gasteiger partial charge on any atom is 0.0839 e. The third-order valence-electron chi connectivity index (χ3n) is 3.43. The summed E-state index contributed by atoms with van der Waals surface area (Å²) in [6.45, 7) is 4.46. The Bertz CT molecular complexity index is 144. The molecule has 1 nitrogen and oxygen atoms in total. The fourth-order valence-electron chi connectivity index (χ4n) is 2.19. The molecule has 1 heteroatoms. The summed E-state index contributed by atoms with van der Waals surface area (Å²) in [6, 6.07) is 0. The van der Waals surface area contributed by atoms with E-state index < -0.39 is 0 Å². The fourth-order valence-corrected chi connectivity index (χ4v) is 2.19. The molecule has 1 aliphatic heterocycles. The minimum Gasteiger partial charge on any atom is -0.370 e. The third kappa shape index (κ3) is 6.94. The molecule has 1 rings (SSSR count). The van der Waals surface area contributed by atoms with Crippen molar-refractivity contribution in [3.05, 3.63) is 0 Å². The smallest absolute Gasteiger partial charge is 0.0839 e. The van der Waals surface area contributed by atoms with Crippen molar-refractivity contribution < 1.29 is 4.74 Å². The van der Waals surface area contributed by atoms with Crippen LogP contribution in [0.5, 0.6) is 0 Å². The first-order valence-electron chi connectivity index (χ1n) is 7.00. The lowest BCUT2D eigenvalue weighted by Crippen LogP contribution is -1.89. The van der Waals surface area contributed by atoms with E-state index in [-0.39, 0.29) is 0 Å². The molecule has 0 spiro atoms. The lowest BCUT2D eigenvalue weighted by atomic mass is 10.1. The third-order valence-corrected chi connectivity index (χ3v) is 3.43. The minimum atomic E-state index is 0.569. The monoisotopic (exact) mass is 212 g/mol. The Balaban J connectivity index is 1.66. The molecule has 1 saturated heterocycles. The van der Waals surface area contributed by atoms with Gasteiger partial charge in [0, 0.05) is 0 Å². The normalized spacial score (nSPS) is 24.4. The Morgan fingerprint density at radius 3 is 1.73 bits per heavy atom. The summed E-state index contributed by atoms with van der Waals surface area (Å²) >= 11 is 0. The van der Waals surface area contributed by atoms with Crippen molar-refractivity contribution in [2.45, 2.75) is 90.3 Å². The highest BCUT2D eigenvalue weighted by Gasteiger charge is 2.32. The van der Waals surface area contributed by atoms with Gasteiger partial charge in [-0.25, -0.2) is 0 Å². The molecule has 1 heterocycles. The molecular weight excluding hydrogens is 184 g/mol. The lowest BCUT2D eigenvalue weighted by Gasteiger charge is -2.00. The first-order chi connectivity index (χ1) is 7.34. The van der Waals surface area contributed by atoms with Crippen LogP contribution in [0, 0.1) is 0 Å². The second-order valence-corrected chi connectivity index (χ2v) is 5.00. The molecule has 0 aromatic heterocycles. The summed E-state index contributed by atoms with van der Waals surface area (Å²) in [7, 11) is 0. The highest BCUT2D eigenvalue weighted by atomic mass is 16.6. The molecule has 0 saturated carbocycles. The number of epoxide rings is 1. The van der Waals surface area contributed by atoms with Crippen LogP contribution in [0.3, 0.4) is 0 Å². The summed E-state index contributed by atoms with van der Waals surface area (Å²) in [6.07, 6.45) is 15.3. The molecular formula is C14H28O. The van der Waals surface area contributed by atoms with Crippen molar-refractivity contribution >= 4 is 0 Å². The van der Waals surface area contributed by atoms with Crippen LogP contribution in [-0.2, 0) is 4.74 Å². The molecule has 0 aliphatic carbocycles. The van der Waals surface area contributed by atoms with Gasteiger partial charge in [0.05, 0.1) is 12.2 Å². The standard InChI is InChI=1S/C14H28O/c1-3-4-5-6-7-8-9-10-11-12-14-13(2)15-14/h13-14H,3-12H2,1-2H3/t13-,14+/m0/s1. The molecule has 0 radical (unpaired) electrons. The summed E-state index contributed by atoms with van der Waals surface area (Å²) < 4.78 is 5.39. The van der Waals surface area contributed by atoms with Gasteiger partial charge >= 0.3 is 0 Å².